The number of H-pyrrole nitrogens is 1. The smallest absolute Gasteiger partial charge is 0.222 e. The Hall–Kier alpha value is -2.30. The lowest BCUT2D eigenvalue weighted by molar-refractivity contribution is -0.133. The number of benzene rings is 1. The molecule has 2 heterocycles. The van der Waals surface area contributed by atoms with E-state index in [4.69, 9.17) is 0 Å². The third kappa shape index (κ3) is 3.60. The van der Waals surface area contributed by atoms with Gasteiger partial charge in [0.15, 0.2) is 0 Å². The molecular weight excluding hydrogens is 338 g/mol. The van der Waals surface area contributed by atoms with E-state index in [1.165, 1.54) is 10.9 Å². The van der Waals surface area contributed by atoms with E-state index in [2.05, 4.69) is 22.4 Å². The molecule has 2 aliphatic rings. The molecule has 4 rings (SSSR count). The highest BCUT2D eigenvalue weighted by atomic mass is 16.2. The molecule has 1 unspecified atom stereocenters. The normalized spacial score (nSPS) is 21.0. The first-order valence-electron chi connectivity index (χ1n) is 10.1. The van der Waals surface area contributed by atoms with Crippen molar-refractivity contribution in [3.8, 4) is 0 Å². The number of aromatic amines is 1. The van der Waals surface area contributed by atoms with Crippen LogP contribution in [0.5, 0.6) is 0 Å². The zero-order valence-corrected chi connectivity index (χ0v) is 16.3. The second kappa shape index (κ2) is 7.02. The van der Waals surface area contributed by atoms with Crippen molar-refractivity contribution in [3.63, 3.8) is 0 Å². The molecule has 2 amide bonds. The molecule has 1 saturated carbocycles. The molecule has 0 radical (unpaired) electrons. The topological polar surface area (TPSA) is 65.2 Å². The Morgan fingerprint density at radius 2 is 2.00 bits per heavy atom. The van der Waals surface area contributed by atoms with Crippen molar-refractivity contribution in [1.29, 1.82) is 0 Å². The summed E-state index contributed by atoms with van der Waals surface area (Å²) in [6.07, 6.45) is 6.45. The maximum absolute atomic E-state index is 12.7. The molecule has 27 heavy (non-hydrogen) atoms. The van der Waals surface area contributed by atoms with E-state index in [-0.39, 0.29) is 23.1 Å². The number of nitrogens with one attached hydrogen (secondary N) is 2. The number of amides is 2. The fourth-order valence-corrected chi connectivity index (χ4v) is 4.38. The predicted molar refractivity (Wildman–Crippen MR) is 106 cm³/mol. The lowest BCUT2D eigenvalue weighted by atomic mass is 9.92. The number of nitrogens with zero attached hydrogens (tertiary/aromatic N) is 1. The fourth-order valence-electron chi connectivity index (χ4n) is 4.38. The van der Waals surface area contributed by atoms with Gasteiger partial charge < -0.3 is 15.2 Å². The Kier molecular flexibility index (Phi) is 4.70. The first kappa shape index (κ1) is 18.1. The predicted octanol–water partition coefficient (Wildman–Crippen LogP) is 3.25. The first-order chi connectivity index (χ1) is 13.0. The zero-order chi connectivity index (χ0) is 19.0. The Balaban J connectivity index is 1.26. The van der Waals surface area contributed by atoms with E-state index in [1.807, 2.05) is 37.1 Å². The van der Waals surface area contributed by atoms with Crippen molar-refractivity contribution in [1.82, 2.24) is 15.2 Å². The molecule has 5 heteroatoms. The van der Waals surface area contributed by atoms with Crippen LogP contribution in [0.1, 0.15) is 45.1 Å². The number of fused-ring (bicyclic) bond motifs is 1. The van der Waals surface area contributed by atoms with Gasteiger partial charge in [-0.3, -0.25) is 9.59 Å². The van der Waals surface area contributed by atoms with Crippen LogP contribution in [0.3, 0.4) is 0 Å². The quantitative estimate of drug-likeness (QED) is 0.852. The van der Waals surface area contributed by atoms with Gasteiger partial charge in [0, 0.05) is 48.6 Å². The van der Waals surface area contributed by atoms with Crippen molar-refractivity contribution in [2.45, 2.75) is 52.0 Å². The second-order valence-corrected chi connectivity index (χ2v) is 8.52. The number of aromatic nitrogens is 1. The van der Waals surface area contributed by atoms with Gasteiger partial charge in [0.1, 0.15) is 0 Å². The van der Waals surface area contributed by atoms with E-state index in [1.54, 1.807) is 0 Å². The molecular formula is C22H29N3O2. The number of carbonyl (C=O) groups excluding carboxylic acids is 2. The molecule has 1 aliphatic carbocycles. The number of aryl methyl sites for hydroxylation is 1. The number of piperidine rings is 1. The highest BCUT2D eigenvalue weighted by molar-refractivity contribution is 5.84. The second-order valence-electron chi connectivity index (χ2n) is 8.52. The maximum Gasteiger partial charge on any atom is 0.222 e. The number of hydrogen-bond acceptors (Lipinski definition) is 2. The van der Waals surface area contributed by atoms with Gasteiger partial charge in [0.05, 0.1) is 0 Å². The van der Waals surface area contributed by atoms with E-state index in [0.29, 0.717) is 12.5 Å². The standard InChI is InChI=1S/C22H29N3O2/c1-15(2)21(27)24-19-13-22(19)9-11-25(12-10-22)20(26)8-7-16-14-23-18-6-4-3-5-17(16)18/h3-6,14-15,19,23H,7-13H2,1-2H3,(H,24,27). The molecule has 2 fully saturated rings. The summed E-state index contributed by atoms with van der Waals surface area (Å²) in [6.45, 7) is 5.50. The molecule has 0 bridgehead atoms. The summed E-state index contributed by atoms with van der Waals surface area (Å²) >= 11 is 0. The minimum absolute atomic E-state index is 0.0360. The maximum atomic E-state index is 12.7. The van der Waals surface area contributed by atoms with E-state index < -0.39 is 0 Å². The molecule has 144 valence electrons. The lowest BCUT2D eigenvalue weighted by Crippen LogP contribution is -2.42. The van der Waals surface area contributed by atoms with Crippen molar-refractivity contribution < 1.29 is 9.59 Å². The summed E-state index contributed by atoms with van der Waals surface area (Å²) < 4.78 is 0. The van der Waals surface area contributed by atoms with E-state index in [9.17, 15) is 9.59 Å². The summed E-state index contributed by atoms with van der Waals surface area (Å²) in [5, 5.41) is 4.39. The summed E-state index contributed by atoms with van der Waals surface area (Å²) in [5.74, 6) is 0.432. The molecule has 1 aromatic heterocycles. The number of para-hydroxylation sites is 1. The number of hydrogen-bond donors (Lipinski definition) is 2. The molecule has 1 aliphatic heterocycles. The summed E-state index contributed by atoms with van der Waals surface area (Å²) in [6, 6.07) is 8.54. The minimum atomic E-state index is 0.0360. The van der Waals surface area contributed by atoms with Crippen LogP contribution < -0.4 is 5.32 Å². The molecule has 1 saturated heterocycles. The van der Waals surface area contributed by atoms with Crippen LogP contribution in [-0.4, -0.2) is 40.8 Å². The van der Waals surface area contributed by atoms with Gasteiger partial charge in [-0.05, 0) is 42.7 Å². The zero-order valence-electron chi connectivity index (χ0n) is 16.3. The van der Waals surface area contributed by atoms with Crippen molar-refractivity contribution in [2.75, 3.05) is 13.1 Å². The van der Waals surface area contributed by atoms with Gasteiger partial charge in [0.2, 0.25) is 11.8 Å². The third-order valence-electron chi connectivity index (χ3n) is 6.43. The molecule has 5 nitrogen and oxygen atoms in total. The molecule has 2 aromatic rings. The third-order valence-corrected chi connectivity index (χ3v) is 6.43. The van der Waals surface area contributed by atoms with Gasteiger partial charge in [0.25, 0.3) is 0 Å². The summed E-state index contributed by atoms with van der Waals surface area (Å²) in [7, 11) is 0. The molecule has 1 aromatic carbocycles. The van der Waals surface area contributed by atoms with E-state index >= 15 is 0 Å². The largest absolute Gasteiger partial charge is 0.361 e. The Morgan fingerprint density at radius 3 is 2.74 bits per heavy atom. The number of likely N-dealkylation sites (tertiary alicyclic amines) is 1. The molecule has 1 spiro atoms. The number of rotatable bonds is 5. The van der Waals surface area contributed by atoms with Crippen LogP contribution in [-0.2, 0) is 16.0 Å². The highest BCUT2D eigenvalue weighted by Crippen LogP contribution is 2.54. The summed E-state index contributed by atoms with van der Waals surface area (Å²) in [5.41, 5.74) is 2.59. The van der Waals surface area contributed by atoms with E-state index in [0.717, 1.165) is 44.3 Å². The minimum Gasteiger partial charge on any atom is -0.361 e. The Morgan fingerprint density at radius 1 is 1.26 bits per heavy atom. The van der Waals surface area contributed by atoms with Crippen LogP contribution in [0.2, 0.25) is 0 Å². The molecule has 2 N–H and O–H groups in total. The Bertz CT molecular complexity index is 846. The van der Waals surface area contributed by atoms with Crippen LogP contribution in [0, 0.1) is 11.3 Å². The number of carbonyl (C=O) groups is 2. The Labute approximate surface area is 160 Å². The van der Waals surface area contributed by atoms with Gasteiger partial charge in [-0.1, -0.05) is 32.0 Å². The van der Waals surface area contributed by atoms with Crippen LogP contribution >= 0.6 is 0 Å². The average molecular weight is 367 g/mol. The first-order valence-corrected chi connectivity index (χ1v) is 10.1. The van der Waals surface area contributed by atoms with Gasteiger partial charge in [-0.15, -0.1) is 0 Å². The highest BCUT2D eigenvalue weighted by Gasteiger charge is 2.55. The summed E-state index contributed by atoms with van der Waals surface area (Å²) in [4.78, 5) is 29.9. The van der Waals surface area contributed by atoms with Crippen molar-refractivity contribution in [2.24, 2.45) is 11.3 Å². The fraction of sp³-hybridized carbons (Fsp3) is 0.545. The van der Waals surface area contributed by atoms with Crippen molar-refractivity contribution >= 4 is 22.7 Å². The van der Waals surface area contributed by atoms with Gasteiger partial charge in [-0.25, -0.2) is 0 Å². The average Bonchev–Trinajstić information content (AvgIpc) is 3.14. The van der Waals surface area contributed by atoms with Gasteiger partial charge >= 0.3 is 0 Å². The van der Waals surface area contributed by atoms with Gasteiger partial charge in [-0.2, -0.15) is 0 Å². The lowest BCUT2D eigenvalue weighted by Gasteiger charge is -2.33. The van der Waals surface area contributed by atoms with Crippen LogP contribution in [0.15, 0.2) is 30.5 Å². The van der Waals surface area contributed by atoms with Crippen molar-refractivity contribution in [3.05, 3.63) is 36.0 Å². The molecule has 1 atom stereocenters. The SMILES string of the molecule is CC(C)C(=O)NC1CC12CCN(C(=O)CCc1c[nH]c3ccccc13)CC2. The monoisotopic (exact) mass is 367 g/mol. The van der Waals surface area contributed by atoms with Crippen LogP contribution in [0.4, 0.5) is 0 Å². The van der Waals surface area contributed by atoms with Crippen LogP contribution in [0.25, 0.3) is 10.9 Å².